The Bertz CT molecular complexity index is 408. The summed E-state index contributed by atoms with van der Waals surface area (Å²) in [6, 6.07) is 3.44. The second-order valence-electron chi connectivity index (χ2n) is 3.57. The third kappa shape index (κ3) is 3.32. The molecule has 6 heteroatoms. The first-order valence-corrected chi connectivity index (χ1v) is 6.42. The van der Waals surface area contributed by atoms with Crippen molar-refractivity contribution < 1.29 is 4.74 Å². The molecule has 1 atom stereocenters. The molecule has 1 aliphatic rings. The lowest BCUT2D eigenvalue weighted by molar-refractivity contribution is 0.414. The van der Waals surface area contributed by atoms with E-state index in [2.05, 4.69) is 0 Å². The number of hydrogen-bond acceptors (Lipinski definition) is 1. The van der Waals surface area contributed by atoms with Gasteiger partial charge in [-0.25, -0.2) is 0 Å². The predicted molar refractivity (Wildman–Crippen MR) is 69.1 cm³/mol. The topological polar surface area (TPSA) is 12.5 Å². The van der Waals surface area contributed by atoms with E-state index in [1.165, 1.54) is 0 Å². The summed E-state index contributed by atoms with van der Waals surface area (Å²) < 4.78 is 3.84. The van der Waals surface area contributed by atoms with E-state index in [1.807, 2.05) is 0 Å². The zero-order chi connectivity index (χ0) is 11.9. The zero-order valence-corrected chi connectivity index (χ0v) is 11.7. The van der Waals surface area contributed by atoms with Crippen molar-refractivity contribution in [3.63, 3.8) is 0 Å². The normalized spacial score (nSPS) is 19.9. The number of halogens is 5. The molecular formula is C10H7Cl5O. The molecule has 1 nitrogen and oxygen atoms in total. The lowest BCUT2D eigenvalue weighted by Gasteiger charge is -2.15. The van der Waals surface area contributed by atoms with Crippen molar-refractivity contribution in [2.24, 2.45) is 0 Å². The highest BCUT2D eigenvalue weighted by atomic mass is 35.6. The van der Waals surface area contributed by atoms with Gasteiger partial charge < -0.3 is 4.74 Å². The predicted octanol–water partition coefficient (Wildman–Crippen LogP) is 4.98. The Balaban J connectivity index is 2.41. The van der Waals surface area contributed by atoms with Crippen LogP contribution in [0.25, 0.3) is 0 Å². The van der Waals surface area contributed by atoms with Crippen LogP contribution in [0.4, 0.5) is 0 Å². The lowest BCUT2D eigenvalue weighted by Crippen LogP contribution is -2.09. The fraction of sp³-hybridized carbons (Fsp3) is 0.400. The van der Waals surface area contributed by atoms with Crippen LogP contribution >= 0.6 is 58.0 Å². The first-order chi connectivity index (χ1) is 7.37. The monoisotopic (exact) mass is 318 g/mol. The van der Waals surface area contributed by atoms with Crippen molar-refractivity contribution in [2.45, 2.75) is 16.3 Å². The molecule has 16 heavy (non-hydrogen) atoms. The Morgan fingerprint density at radius 1 is 1.25 bits per heavy atom. The standard InChI is InChI=1S/C10H7Cl5O/c11-5-1-6(9-4-16-9)7(8(12)2-5)3-10(13,14)15/h1-2,9H,3-4H2. The van der Waals surface area contributed by atoms with Crippen LogP contribution in [0, 0.1) is 0 Å². The van der Waals surface area contributed by atoms with Gasteiger partial charge >= 0.3 is 0 Å². The molecule has 1 aromatic carbocycles. The van der Waals surface area contributed by atoms with Crippen LogP contribution in [0.5, 0.6) is 0 Å². The van der Waals surface area contributed by atoms with Crippen LogP contribution in [0.3, 0.4) is 0 Å². The second kappa shape index (κ2) is 4.72. The minimum absolute atomic E-state index is 0.0264. The Morgan fingerprint density at radius 3 is 2.38 bits per heavy atom. The highest BCUT2D eigenvalue weighted by Crippen LogP contribution is 2.41. The Kier molecular flexibility index (Phi) is 3.85. The van der Waals surface area contributed by atoms with Crippen LogP contribution in [-0.4, -0.2) is 10.4 Å². The molecular weight excluding hydrogens is 313 g/mol. The molecule has 1 unspecified atom stereocenters. The number of ether oxygens (including phenoxy) is 1. The molecule has 0 amide bonds. The van der Waals surface area contributed by atoms with Crippen molar-refractivity contribution in [1.82, 2.24) is 0 Å². The van der Waals surface area contributed by atoms with Gasteiger partial charge in [-0.2, -0.15) is 0 Å². The first-order valence-electron chi connectivity index (χ1n) is 4.53. The quantitative estimate of drug-likeness (QED) is 0.553. The molecule has 88 valence electrons. The minimum Gasteiger partial charge on any atom is -0.368 e. The smallest absolute Gasteiger partial charge is 0.194 e. The van der Waals surface area contributed by atoms with Gasteiger partial charge in [-0.1, -0.05) is 58.0 Å². The van der Waals surface area contributed by atoms with E-state index in [0.717, 1.165) is 11.1 Å². The van der Waals surface area contributed by atoms with Crippen molar-refractivity contribution in [1.29, 1.82) is 0 Å². The Hall–Kier alpha value is 0.630. The summed E-state index contributed by atoms with van der Waals surface area (Å²) in [7, 11) is 0. The number of benzene rings is 1. The maximum absolute atomic E-state index is 6.10. The highest BCUT2D eigenvalue weighted by Gasteiger charge is 2.32. The number of alkyl halides is 3. The van der Waals surface area contributed by atoms with Gasteiger partial charge in [0.05, 0.1) is 6.61 Å². The van der Waals surface area contributed by atoms with Crippen molar-refractivity contribution in [3.8, 4) is 0 Å². The minimum atomic E-state index is -1.37. The molecule has 1 saturated heterocycles. The maximum Gasteiger partial charge on any atom is 0.194 e. The fourth-order valence-electron chi connectivity index (χ4n) is 1.53. The molecule has 0 aromatic heterocycles. The second-order valence-corrected chi connectivity index (χ2v) is 6.93. The van der Waals surface area contributed by atoms with E-state index in [-0.39, 0.29) is 12.5 Å². The summed E-state index contributed by atoms with van der Waals surface area (Å²) in [4.78, 5) is 0. The number of epoxide rings is 1. The van der Waals surface area contributed by atoms with E-state index < -0.39 is 3.79 Å². The highest BCUT2D eigenvalue weighted by molar-refractivity contribution is 6.67. The Labute approximate surface area is 119 Å². The Morgan fingerprint density at radius 2 is 1.88 bits per heavy atom. The van der Waals surface area contributed by atoms with E-state index in [1.54, 1.807) is 12.1 Å². The molecule has 0 aliphatic carbocycles. The van der Waals surface area contributed by atoms with Crippen molar-refractivity contribution >= 4 is 58.0 Å². The van der Waals surface area contributed by atoms with E-state index >= 15 is 0 Å². The molecule has 1 aromatic rings. The first kappa shape index (κ1) is 13.1. The number of rotatable bonds is 2. The molecule has 2 rings (SSSR count). The zero-order valence-electron chi connectivity index (χ0n) is 7.94. The molecule has 1 aliphatic heterocycles. The lowest BCUT2D eigenvalue weighted by atomic mass is 10.0. The van der Waals surface area contributed by atoms with Gasteiger partial charge in [-0.15, -0.1) is 0 Å². The van der Waals surface area contributed by atoms with Crippen molar-refractivity contribution in [2.75, 3.05) is 6.61 Å². The third-order valence-electron chi connectivity index (χ3n) is 2.25. The summed E-state index contributed by atoms with van der Waals surface area (Å²) in [5.41, 5.74) is 1.69. The van der Waals surface area contributed by atoms with Gasteiger partial charge in [-0.05, 0) is 23.3 Å². The summed E-state index contributed by atoms with van der Waals surface area (Å²) in [6.45, 7) is 0.656. The van der Waals surface area contributed by atoms with Crippen LogP contribution in [0.1, 0.15) is 17.2 Å². The summed E-state index contributed by atoms with van der Waals surface area (Å²) in [5, 5.41) is 1.06. The van der Waals surface area contributed by atoms with Gasteiger partial charge in [-0.3, -0.25) is 0 Å². The van der Waals surface area contributed by atoms with Gasteiger partial charge in [0, 0.05) is 16.5 Å². The SMILES string of the molecule is Clc1cc(Cl)c(CC(Cl)(Cl)Cl)c(C2CO2)c1. The molecule has 0 radical (unpaired) electrons. The largest absolute Gasteiger partial charge is 0.368 e. The molecule has 1 fully saturated rings. The summed E-state index contributed by atoms with van der Waals surface area (Å²) >= 11 is 29.3. The average Bonchev–Trinajstić information content (AvgIpc) is 2.90. The van der Waals surface area contributed by atoms with E-state index in [0.29, 0.717) is 16.7 Å². The van der Waals surface area contributed by atoms with Crippen LogP contribution in [-0.2, 0) is 11.2 Å². The molecule has 1 heterocycles. The third-order valence-corrected chi connectivity index (χ3v) is 3.21. The molecule has 0 N–H and O–H groups in total. The molecule has 0 spiro atoms. The average molecular weight is 320 g/mol. The van der Waals surface area contributed by atoms with Crippen LogP contribution in [0.2, 0.25) is 10.0 Å². The molecule has 0 bridgehead atoms. The fourth-order valence-corrected chi connectivity index (χ4v) is 2.50. The van der Waals surface area contributed by atoms with Gasteiger partial charge in [0.25, 0.3) is 0 Å². The summed E-state index contributed by atoms with van der Waals surface area (Å²) in [6.07, 6.45) is 0.265. The van der Waals surface area contributed by atoms with Crippen LogP contribution < -0.4 is 0 Å². The van der Waals surface area contributed by atoms with Gasteiger partial charge in [0.15, 0.2) is 3.79 Å². The van der Waals surface area contributed by atoms with E-state index in [9.17, 15) is 0 Å². The summed E-state index contributed by atoms with van der Waals surface area (Å²) in [5.74, 6) is 0. The van der Waals surface area contributed by atoms with Crippen molar-refractivity contribution in [3.05, 3.63) is 33.3 Å². The maximum atomic E-state index is 6.10. The van der Waals surface area contributed by atoms with E-state index in [4.69, 9.17) is 62.7 Å². The van der Waals surface area contributed by atoms with Crippen LogP contribution in [0.15, 0.2) is 12.1 Å². The van der Waals surface area contributed by atoms with Gasteiger partial charge in [0.1, 0.15) is 6.10 Å². The van der Waals surface area contributed by atoms with Gasteiger partial charge in [0.2, 0.25) is 0 Å². The number of hydrogen-bond donors (Lipinski definition) is 0. The molecule has 0 saturated carbocycles.